The molecule has 0 aliphatic rings. The quantitative estimate of drug-likeness (QED) is 0.685. The number of nitrogens with zero attached hydrogens (tertiary/aromatic N) is 2. The highest BCUT2D eigenvalue weighted by Gasteiger charge is 2.15. The number of urea groups is 1. The van der Waals surface area contributed by atoms with Crippen molar-refractivity contribution in [1.82, 2.24) is 20.7 Å². The predicted octanol–water partition coefficient (Wildman–Crippen LogP) is 2.47. The van der Waals surface area contributed by atoms with Crippen LogP contribution in [0.1, 0.15) is 26.3 Å². The number of benzene rings is 1. The van der Waals surface area contributed by atoms with Crippen LogP contribution in [0.3, 0.4) is 0 Å². The second-order valence-electron chi connectivity index (χ2n) is 5.99. The number of amides is 3. The predicted molar refractivity (Wildman–Crippen MR) is 88.5 cm³/mol. The minimum Gasteiger partial charge on any atom is -0.444 e. The van der Waals surface area contributed by atoms with E-state index in [0.29, 0.717) is 11.5 Å². The molecule has 1 aromatic heterocycles. The summed E-state index contributed by atoms with van der Waals surface area (Å²) in [6.07, 6.45) is 0.894. The average molecular weight is 332 g/mol. The van der Waals surface area contributed by atoms with Crippen LogP contribution >= 0.6 is 0 Å². The molecule has 1 heterocycles. The second-order valence-corrected chi connectivity index (χ2v) is 5.99. The first-order chi connectivity index (χ1) is 11.3. The van der Waals surface area contributed by atoms with Gasteiger partial charge in [-0.3, -0.25) is 5.32 Å². The summed E-state index contributed by atoms with van der Waals surface area (Å²) in [5, 5.41) is 17.6. The summed E-state index contributed by atoms with van der Waals surface area (Å²) < 4.78 is 5.17. The smallest absolute Gasteiger partial charge is 0.407 e. The molecule has 0 aliphatic carbocycles. The molecule has 0 radical (unpaired) electrons. The van der Waals surface area contributed by atoms with E-state index in [1.165, 1.54) is 6.20 Å². The lowest BCUT2D eigenvalue weighted by Crippen LogP contribution is -2.32. The third-order valence-electron chi connectivity index (χ3n) is 2.68. The average Bonchev–Trinajstić information content (AvgIpc) is 2.96. The first-order valence-corrected chi connectivity index (χ1v) is 7.31. The lowest BCUT2D eigenvalue weighted by molar-refractivity contribution is 0.0523. The molecular formula is C15H20N6O3. The van der Waals surface area contributed by atoms with Crippen LogP contribution in [0.5, 0.6) is 0 Å². The van der Waals surface area contributed by atoms with Crippen LogP contribution in [-0.4, -0.2) is 33.1 Å². The van der Waals surface area contributed by atoms with Gasteiger partial charge in [0, 0.05) is 12.2 Å². The van der Waals surface area contributed by atoms with Crippen LogP contribution in [-0.2, 0) is 11.3 Å². The zero-order chi connectivity index (χ0) is 17.6. The summed E-state index contributed by atoms with van der Waals surface area (Å²) in [6, 6.07) is 6.65. The first kappa shape index (κ1) is 17.3. The molecule has 0 fully saturated rings. The highest BCUT2D eigenvalue weighted by atomic mass is 16.6. The highest BCUT2D eigenvalue weighted by molar-refractivity contribution is 5.99. The maximum Gasteiger partial charge on any atom is 0.407 e. The Hall–Kier alpha value is -3.10. The van der Waals surface area contributed by atoms with Crippen molar-refractivity contribution < 1.29 is 14.3 Å². The molecule has 0 unspecified atom stereocenters. The van der Waals surface area contributed by atoms with E-state index < -0.39 is 17.7 Å². The van der Waals surface area contributed by atoms with Crippen LogP contribution in [0.15, 0.2) is 30.5 Å². The summed E-state index contributed by atoms with van der Waals surface area (Å²) in [7, 11) is 0. The molecule has 24 heavy (non-hydrogen) atoms. The van der Waals surface area contributed by atoms with E-state index in [1.54, 1.807) is 39.0 Å². The summed E-state index contributed by atoms with van der Waals surface area (Å²) in [4.78, 5) is 23.5. The van der Waals surface area contributed by atoms with Gasteiger partial charge < -0.3 is 15.4 Å². The van der Waals surface area contributed by atoms with Gasteiger partial charge in [-0.05, 0) is 38.5 Å². The molecule has 0 aliphatic heterocycles. The summed E-state index contributed by atoms with van der Waals surface area (Å²) in [5.41, 5.74) is 0.853. The molecule has 0 saturated heterocycles. The van der Waals surface area contributed by atoms with Crippen LogP contribution in [0.2, 0.25) is 0 Å². The fourth-order valence-electron chi connectivity index (χ4n) is 1.79. The summed E-state index contributed by atoms with van der Waals surface area (Å²) >= 11 is 0. The molecule has 0 saturated carbocycles. The number of anilines is 2. The Bertz CT molecular complexity index is 693. The van der Waals surface area contributed by atoms with Gasteiger partial charge in [-0.2, -0.15) is 10.3 Å². The van der Waals surface area contributed by atoms with E-state index in [9.17, 15) is 9.59 Å². The number of ether oxygens (including phenoxy) is 1. The summed E-state index contributed by atoms with van der Waals surface area (Å²) in [6.45, 7) is 5.68. The standard InChI is InChI=1S/C15H20N6O3/c1-15(2,3)24-14(23)16-8-10-5-4-6-11(7-10)18-13(22)19-12-9-17-21-20-12/h4-7,9H,8H2,1-3H3,(H,16,23)(H3,17,18,19,20,21,22). The molecule has 0 atom stereocenters. The van der Waals surface area contributed by atoms with Crippen molar-refractivity contribution in [1.29, 1.82) is 0 Å². The summed E-state index contributed by atoms with van der Waals surface area (Å²) in [5.74, 6) is 0.315. The number of aromatic nitrogens is 3. The lowest BCUT2D eigenvalue weighted by Gasteiger charge is -2.19. The Balaban J connectivity index is 1.87. The van der Waals surface area contributed by atoms with Crippen molar-refractivity contribution in [3.05, 3.63) is 36.0 Å². The third-order valence-corrected chi connectivity index (χ3v) is 2.68. The number of H-pyrrole nitrogens is 1. The van der Waals surface area contributed by atoms with Crippen molar-refractivity contribution >= 4 is 23.6 Å². The zero-order valence-corrected chi connectivity index (χ0v) is 13.7. The van der Waals surface area contributed by atoms with Crippen molar-refractivity contribution in [3.8, 4) is 0 Å². The van der Waals surface area contributed by atoms with Gasteiger partial charge >= 0.3 is 12.1 Å². The molecule has 128 valence electrons. The fraction of sp³-hybridized carbons (Fsp3) is 0.333. The molecule has 2 rings (SSSR count). The van der Waals surface area contributed by atoms with Gasteiger partial charge in [0.15, 0.2) is 5.82 Å². The normalized spacial score (nSPS) is 10.8. The SMILES string of the molecule is CC(C)(C)OC(=O)NCc1cccc(NC(=O)Nc2cn[nH]n2)c1. The van der Waals surface area contributed by atoms with Crippen molar-refractivity contribution in [2.45, 2.75) is 32.9 Å². The number of aromatic amines is 1. The molecular weight excluding hydrogens is 312 g/mol. The molecule has 3 amide bonds. The van der Waals surface area contributed by atoms with E-state index in [-0.39, 0.29) is 6.54 Å². The molecule has 2 aromatic rings. The van der Waals surface area contributed by atoms with Crippen molar-refractivity contribution in [2.75, 3.05) is 10.6 Å². The third kappa shape index (κ3) is 5.95. The Morgan fingerprint density at radius 2 is 2.04 bits per heavy atom. The van der Waals surface area contributed by atoms with Crippen molar-refractivity contribution in [2.24, 2.45) is 0 Å². The molecule has 9 nitrogen and oxygen atoms in total. The van der Waals surface area contributed by atoms with Gasteiger partial charge in [0.05, 0.1) is 6.20 Å². The monoisotopic (exact) mass is 332 g/mol. The Morgan fingerprint density at radius 3 is 2.71 bits per heavy atom. The van der Waals surface area contributed by atoms with Gasteiger partial charge in [0.2, 0.25) is 0 Å². The molecule has 0 spiro atoms. The van der Waals surface area contributed by atoms with E-state index >= 15 is 0 Å². The molecule has 4 N–H and O–H groups in total. The topological polar surface area (TPSA) is 121 Å². The number of alkyl carbamates (subject to hydrolysis) is 1. The number of nitrogens with one attached hydrogen (secondary N) is 4. The Morgan fingerprint density at radius 1 is 1.25 bits per heavy atom. The van der Waals surface area contributed by atoms with E-state index in [2.05, 4.69) is 31.4 Å². The second kappa shape index (κ2) is 7.44. The van der Waals surface area contributed by atoms with Gasteiger partial charge in [-0.15, -0.1) is 5.10 Å². The van der Waals surface area contributed by atoms with Gasteiger partial charge in [-0.25, -0.2) is 9.59 Å². The molecule has 0 bridgehead atoms. The van der Waals surface area contributed by atoms with E-state index in [0.717, 1.165) is 5.56 Å². The van der Waals surface area contributed by atoms with Crippen molar-refractivity contribution in [3.63, 3.8) is 0 Å². The first-order valence-electron chi connectivity index (χ1n) is 7.31. The maximum atomic E-state index is 11.8. The van der Waals surface area contributed by atoms with Crippen LogP contribution in [0.4, 0.5) is 21.1 Å². The minimum atomic E-state index is -0.549. The minimum absolute atomic E-state index is 0.287. The number of rotatable bonds is 4. The van der Waals surface area contributed by atoms with Crippen LogP contribution in [0.25, 0.3) is 0 Å². The largest absolute Gasteiger partial charge is 0.444 e. The number of hydrogen-bond donors (Lipinski definition) is 4. The fourth-order valence-corrected chi connectivity index (χ4v) is 1.79. The van der Waals surface area contributed by atoms with Crippen LogP contribution < -0.4 is 16.0 Å². The highest BCUT2D eigenvalue weighted by Crippen LogP contribution is 2.12. The van der Waals surface area contributed by atoms with Gasteiger partial charge in [-0.1, -0.05) is 12.1 Å². The number of hydrogen-bond acceptors (Lipinski definition) is 5. The Labute approximate surface area is 139 Å². The Kier molecular flexibility index (Phi) is 5.35. The van der Waals surface area contributed by atoms with Gasteiger partial charge in [0.1, 0.15) is 5.60 Å². The maximum absolute atomic E-state index is 11.8. The number of carbonyl (C=O) groups excluding carboxylic acids is 2. The zero-order valence-electron chi connectivity index (χ0n) is 13.7. The lowest BCUT2D eigenvalue weighted by atomic mass is 10.2. The van der Waals surface area contributed by atoms with Gasteiger partial charge in [0.25, 0.3) is 0 Å². The van der Waals surface area contributed by atoms with Crippen LogP contribution in [0, 0.1) is 0 Å². The molecule has 1 aromatic carbocycles. The number of carbonyl (C=O) groups is 2. The van der Waals surface area contributed by atoms with E-state index in [4.69, 9.17) is 4.74 Å². The van der Waals surface area contributed by atoms with E-state index in [1.807, 2.05) is 6.07 Å². The molecule has 9 heteroatoms.